The van der Waals surface area contributed by atoms with Crippen molar-refractivity contribution in [3.05, 3.63) is 47.4 Å². The Balaban J connectivity index is 1.72. The van der Waals surface area contributed by atoms with Crippen LogP contribution in [0.2, 0.25) is 0 Å². The molecule has 4 nitrogen and oxygen atoms in total. The maximum atomic E-state index is 12.2. The number of nitrogens with zero attached hydrogens (tertiary/aromatic N) is 2. The number of hydrogen-bond acceptors (Lipinski definition) is 2. The number of hydrogen-bond donors (Lipinski definition) is 1. The largest absolute Gasteiger partial charge is 0.347 e. The molecule has 0 bridgehead atoms. The van der Waals surface area contributed by atoms with Crippen LogP contribution < -0.4 is 5.32 Å². The summed E-state index contributed by atoms with van der Waals surface area (Å²) in [5, 5.41) is 2.97. The fourth-order valence-electron chi connectivity index (χ4n) is 2.61. The Labute approximate surface area is 118 Å². The van der Waals surface area contributed by atoms with E-state index in [0.717, 1.165) is 24.2 Å². The van der Waals surface area contributed by atoms with E-state index in [9.17, 15) is 4.79 Å². The quantitative estimate of drug-likeness (QED) is 0.871. The fourth-order valence-corrected chi connectivity index (χ4v) is 2.61. The van der Waals surface area contributed by atoms with Crippen molar-refractivity contribution in [3.63, 3.8) is 0 Å². The molecule has 3 rings (SSSR count). The molecule has 0 saturated carbocycles. The molecule has 0 saturated heterocycles. The highest BCUT2D eigenvalue weighted by Gasteiger charge is 2.12. The van der Waals surface area contributed by atoms with Crippen LogP contribution in [0.3, 0.4) is 0 Å². The summed E-state index contributed by atoms with van der Waals surface area (Å²) in [7, 11) is 0. The summed E-state index contributed by atoms with van der Waals surface area (Å²) in [6.07, 6.45) is 8.79. The standard InChI is InChI=1S/C16H19N3O/c1-12-6-5-9-15-18-14(11-19(12)15)16(20)17-10-13-7-3-2-4-8-13/h5-7,9,11H,2-4,8,10H2,1H3,(H,17,20). The minimum atomic E-state index is -0.0976. The molecule has 0 aromatic carbocycles. The van der Waals surface area contributed by atoms with E-state index in [2.05, 4.69) is 16.4 Å². The second-order valence-electron chi connectivity index (χ2n) is 5.31. The first-order valence-corrected chi connectivity index (χ1v) is 7.15. The fraction of sp³-hybridized carbons (Fsp3) is 0.375. The number of nitrogens with one attached hydrogen (secondary N) is 1. The zero-order valence-corrected chi connectivity index (χ0v) is 11.7. The van der Waals surface area contributed by atoms with Gasteiger partial charge >= 0.3 is 0 Å². The Hall–Kier alpha value is -2.10. The lowest BCUT2D eigenvalue weighted by Crippen LogP contribution is -2.26. The molecule has 0 unspecified atom stereocenters. The molecule has 4 heteroatoms. The van der Waals surface area contributed by atoms with Crippen molar-refractivity contribution < 1.29 is 4.79 Å². The van der Waals surface area contributed by atoms with Gasteiger partial charge in [0, 0.05) is 18.4 Å². The van der Waals surface area contributed by atoms with E-state index in [-0.39, 0.29) is 5.91 Å². The Kier molecular flexibility index (Phi) is 3.54. The molecular formula is C16H19N3O. The van der Waals surface area contributed by atoms with Gasteiger partial charge in [-0.1, -0.05) is 17.7 Å². The van der Waals surface area contributed by atoms with Gasteiger partial charge in [-0.15, -0.1) is 0 Å². The number of rotatable bonds is 3. The minimum absolute atomic E-state index is 0.0976. The normalized spacial score (nSPS) is 15.2. The summed E-state index contributed by atoms with van der Waals surface area (Å²) in [5.74, 6) is -0.0976. The van der Waals surface area contributed by atoms with E-state index in [4.69, 9.17) is 0 Å². The summed E-state index contributed by atoms with van der Waals surface area (Å²) in [4.78, 5) is 16.5. The highest BCUT2D eigenvalue weighted by atomic mass is 16.1. The van der Waals surface area contributed by atoms with E-state index in [1.54, 1.807) is 6.20 Å². The van der Waals surface area contributed by atoms with Crippen molar-refractivity contribution in [2.75, 3.05) is 6.54 Å². The summed E-state index contributed by atoms with van der Waals surface area (Å²) < 4.78 is 1.94. The monoisotopic (exact) mass is 269 g/mol. The number of allylic oxidation sites excluding steroid dienone is 1. The summed E-state index contributed by atoms with van der Waals surface area (Å²) >= 11 is 0. The van der Waals surface area contributed by atoms with Crippen molar-refractivity contribution in [2.24, 2.45) is 0 Å². The highest BCUT2D eigenvalue weighted by Crippen LogP contribution is 2.16. The van der Waals surface area contributed by atoms with Gasteiger partial charge in [-0.05, 0) is 44.7 Å². The van der Waals surface area contributed by atoms with Gasteiger partial charge in [-0.25, -0.2) is 4.98 Å². The molecule has 1 aliphatic carbocycles. The van der Waals surface area contributed by atoms with Crippen molar-refractivity contribution in [1.29, 1.82) is 0 Å². The number of amides is 1. The first-order chi connectivity index (χ1) is 9.74. The number of aromatic nitrogens is 2. The molecule has 2 aromatic rings. The Morgan fingerprint density at radius 3 is 3.05 bits per heavy atom. The number of carbonyl (C=O) groups excluding carboxylic acids is 1. The van der Waals surface area contributed by atoms with Gasteiger partial charge < -0.3 is 9.72 Å². The predicted molar refractivity (Wildman–Crippen MR) is 78.8 cm³/mol. The molecule has 0 atom stereocenters. The minimum Gasteiger partial charge on any atom is -0.347 e. The Morgan fingerprint density at radius 2 is 2.30 bits per heavy atom. The van der Waals surface area contributed by atoms with E-state index < -0.39 is 0 Å². The lowest BCUT2D eigenvalue weighted by molar-refractivity contribution is 0.0952. The van der Waals surface area contributed by atoms with Crippen LogP contribution in [0.25, 0.3) is 5.65 Å². The number of pyridine rings is 1. The van der Waals surface area contributed by atoms with Crippen LogP contribution in [0, 0.1) is 6.92 Å². The number of carbonyl (C=O) groups is 1. The van der Waals surface area contributed by atoms with Gasteiger partial charge in [-0.2, -0.15) is 0 Å². The van der Waals surface area contributed by atoms with Crippen LogP contribution in [0.15, 0.2) is 36.0 Å². The summed E-state index contributed by atoms with van der Waals surface area (Å²) in [6, 6.07) is 5.86. The number of imidazole rings is 1. The van der Waals surface area contributed by atoms with E-state index >= 15 is 0 Å². The highest BCUT2D eigenvalue weighted by molar-refractivity contribution is 5.93. The first-order valence-electron chi connectivity index (χ1n) is 7.15. The van der Waals surface area contributed by atoms with Crippen molar-refractivity contribution in [1.82, 2.24) is 14.7 Å². The second-order valence-corrected chi connectivity index (χ2v) is 5.31. The van der Waals surface area contributed by atoms with E-state index in [1.165, 1.54) is 18.4 Å². The molecule has 1 amide bonds. The maximum Gasteiger partial charge on any atom is 0.271 e. The van der Waals surface area contributed by atoms with Crippen molar-refractivity contribution >= 4 is 11.6 Å². The Morgan fingerprint density at radius 1 is 1.40 bits per heavy atom. The van der Waals surface area contributed by atoms with Crippen LogP contribution in [0.1, 0.15) is 41.9 Å². The van der Waals surface area contributed by atoms with Crippen LogP contribution >= 0.6 is 0 Å². The van der Waals surface area contributed by atoms with Gasteiger partial charge in [0.05, 0.1) is 0 Å². The van der Waals surface area contributed by atoms with Crippen molar-refractivity contribution in [3.8, 4) is 0 Å². The van der Waals surface area contributed by atoms with Crippen LogP contribution in [0.4, 0.5) is 0 Å². The third-order valence-electron chi connectivity index (χ3n) is 3.79. The molecular weight excluding hydrogens is 250 g/mol. The molecule has 0 spiro atoms. The smallest absolute Gasteiger partial charge is 0.271 e. The molecule has 1 aliphatic rings. The second kappa shape index (κ2) is 5.49. The molecule has 0 fully saturated rings. The zero-order valence-electron chi connectivity index (χ0n) is 11.7. The van der Waals surface area contributed by atoms with E-state index in [0.29, 0.717) is 12.2 Å². The maximum absolute atomic E-state index is 12.2. The van der Waals surface area contributed by atoms with Crippen molar-refractivity contribution in [2.45, 2.75) is 32.6 Å². The van der Waals surface area contributed by atoms with Crippen LogP contribution in [-0.4, -0.2) is 21.8 Å². The van der Waals surface area contributed by atoms with Gasteiger partial charge in [0.1, 0.15) is 11.3 Å². The predicted octanol–water partition coefficient (Wildman–Crippen LogP) is 2.87. The average Bonchev–Trinajstić information content (AvgIpc) is 2.91. The number of fused-ring (bicyclic) bond motifs is 1. The lowest BCUT2D eigenvalue weighted by Gasteiger charge is -2.12. The van der Waals surface area contributed by atoms with Crippen LogP contribution in [0.5, 0.6) is 0 Å². The molecule has 104 valence electrons. The molecule has 20 heavy (non-hydrogen) atoms. The van der Waals surface area contributed by atoms with Crippen LogP contribution in [-0.2, 0) is 0 Å². The number of aryl methyl sites for hydroxylation is 1. The third-order valence-corrected chi connectivity index (χ3v) is 3.79. The van der Waals surface area contributed by atoms with Gasteiger partial charge in [-0.3, -0.25) is 4.79 Å². The van der Waals surface area contributed by atoms with Gasteiger partial charge in [0.15, 0.2) is 0 Å². The van der Waals surface area contributed by atoms with E-state index in [1.807, 2.05) is 29.5 Å². The molecule has 2 heterocycles. The Bertz CT molecular complexity index is 669. The zero-order chi connectivity index (χ0) is 13.9. The molecule has 0 aliphatic heterocycles. The third kappa shape index (κ3) is 2.59. The first kappa shape index (κ1) is 12.9. The molecule has 1 N–H and O–H groups in total. The molecule has 2 aromatic heterocycles. The van der Waals surface area contributed by atoms with Gasteiger partial charge in [0.25, 0.3) is 5.91 Å². The SMILES string of the molecule is Cc1cccc2nc(C(=O)NCC3=CCCCC3)cn12. The lowest BCUT2D eigenvalue weighted by atomic mass is 10.00. The summed E-state index contributed by atoms with van der Waals surface area (Å²) in [5.41, 5.74) is 3.70. The topological polar surface area (TPSA) is 46.4 Å². The average molecular weight is 269 g/mol. The summed E-state index contributed by atoms with van der Waals surface area (Å²) in [6.45, 7) is 2.65. The van der Waals surface area contributed by atoms with Gasteiger partial charge in [0.2, 0.25) is 0 Å². The molecule has 0 radical (unpaired) electrons.